The maximum Gasteiger partial charge on any atom is 0.255 e. The van der Waals surface area contributed by atoms with Gasteiger partial charge in [0.2, 0.25) is 0 Å². The highest BCUT2D eigenvalue weighted by atomic mass is 79.9. The Morgan fingerprint density at radius 1 is 1.32 bits per heavy atom. The quantitative estimate of drug-likeness (QED) is 0.703. The highest BCUT2D eigenvalue weighted by Crippen LogP contribution is 2.39. The van der Waals surface area contributed by atoms with Crippen LogP contribution >= 0.6 is 27.5 Å². The molecule has 1 aromatic carbocycles. The second-order valence-electron chi connectivity index (χ2n) is 5.65. The van der Waals surface area contributed by atoms with E-state index in [4.69, 9.17) is 11.6 Å². The van der Waals surface area contributed by atoms with Gasteiger partial charge in [0, 0.05) is 21.9 Å². The number of carbonyl (C=O) groups is 1. The fraction of sp³-hybridized carbons (Fsp3) is 0.533. The fourth-order valence-corrected chi connectivity index (χ4v) is 4.45. The zero-order valence-electron chi connectivity index (χ0n) is 10.9. The Bertz CT molecular complexity index is 505. The van der Waals surface area contributed by atoms with E-state index in [1.165, 1.54) is 0 Å². The van der Waals surface area contributed by atoms with Gasteiger partial charge < -0.3 is 4.90 Å². The number of amides is 1. The third-order valence-corrected chi connectivity index (χ3v) is 5.28. The van der Waals surface area contributed by atoms with E-state index in [2.05, 4.69) is 20.8 Å². The van der Waals surface area contributed by atoms with Crippen LogP contribution in [0.1, 0.15) is 41.6 Å². The first kappa shape index (κ1) is 13.4. The predicted octanol–water partition coefficient (Wildman–Crippen LogP) is 4.13. The first-order valence-corrected chi connectivity index (χ1v) is 8.02. The molecule has 2 heterocycles. The second kappa shape index (κ2) is 5.10. The molecule has 0 saturated carbocycles. The molecular formula is C15H17BrClNO. The van der Waals surface area contributed by atoms with Crippen molar-refractivity contribution in [2.45, 2.75) is 50.1 Å². The molecule has 2 aliphatic rings. The van der Waals surface area contributed by atoms with Crippen LogP contribution in [-0.2, 0) is 0 Å². The van der Waals surface area contributed by atoms with Gasteiger partial charge >= 0.3 is 0 Å². The van der Waals surface area contributed by atoms with Crippen LogP contribution in [0, 0.1) is 6.92 Å². The summed E-state index contributed by atoms with van der Waals surface area (Å²) >= 11 is 9.78. The molecule has 1 aromatic rings. The Morgan fingerprint density at radius 3 is 2.53 bits per heavy atom. The molecule has 4 heteroatoms. The Labute approximate surface area is 127 Å². The van der Waals surface area contributed by atoms with Crippen LogP contribution in [0.4, 0.5) is 0 Å². The molecule has 2 atom stereocenters. The average Bonchev–Trinajstić information content (AvgIpc) is 2.61. The summed E-state index contributed by atoms with van der Waals surface area (Å²) in [5, 5.41) is 0.239. The first-order chi connectivity index (χ1) is 9.06. The van der Waals surface area contributed by atoms with E-state index in [0.29, 0.717) is 12.1 Å². The molecule has 102 valence electrons. The van der Waals surface area contributed by atoms with Crippen molar-refractivity contribution in [1.82, 2.24) is 4.90 Å². The van der Waals surface area contributed by atoms with Crippen LogP contribution in [0.3, 0.4) is 0 Å². The van der Waals surface area contributed by atoms with Gasteiger partial charge in [0.1, 0.15) is 0 Å². The predicted molar refractivity (Wildman–Crippen MR) is 80.7 cm³/mol. The number of aryl methyl sites for hydroxylation is 1. The monoisotopic (exact) mass is 341 g/mol. The number of rotatable bonds is 1. The van der Waals surface area contributed by atoms with E-state index in [-0.39, 0.29) is 11.3 Å². The second-order valence-corrected chi connectivity index (χ2v) is 7.12. The number of hydrogen-bond acceptors (Lipinski definition) is 1. The number of nitrogens with zero attached hydrogens (tertiary/aromatic N) is 1. The van der Waals surface area contributed by atoms with Crippen molar-refractivity contribution in [3.8, 4) is 0 Å². The lowest BCUT2D eigenvalue weighted by atomic mass is 10.0. The van der Waals surface area contributed by atoms with Gasteiger partial charge in [-0.25, -0.2) is 0 Å². The summed E-state index contributed by atoms with van der Waals surface area (Å²) in [6.07, 6.45) is 4.08. The highest BCUT2D eigenvalue weighted by molar-refractivity contribution is 9.10. The summed E-state index contributed by atoms with van der Waals surface area (Å²) in [6, 6.07) is 6.59. The minimum absolute atomic E-state index is 0.156. The van der Waals surface area contributed by atoms with Crippen LogP contribution in [0.5, 0.6) is 0 Å². The molecule has 0 aliphatic carbocycles. The molecule has 2 saturated heterocycles. The minimum Gasteiger partial charge on any atom is -0.333 e. The zero-order chi connectivity index (χ0) is 13.6. The smallest absolute Gasteiger partial charge is 0.255 e. The maximum atomic E-state index is 12.8. The van der Waals surface area contributed by atoms with E-state index < -0.39 is 0 Å². The Morgan fingerprint density at radius 2 is 1.95 bits per heavy atom. The van der Waals surface area contributed by atoms with Crippen LogP contribution in [-0.4, -0.2) is 28.3 Å². The Balaban J connectivity index is 1.88. The molecule has 2 nitrogen and oxygen atoms in total. The van der Waals surface area contributed by atoms with Crippen molar-refractivity contribution in [2.75, 3.05) is 0 Å². The third kappa shape index (κ3) is 2.43. The van der Waals surface area contributed by atoms with Gasteiger partial charge in [-0.3, -0.25) is 4.79 Å². The van der Waals surface area contributed by atoms with Crippen LogP contribution in [0.2, 0.25) is 0 Å². The van der Waals surface area contributed by atoms with E-state index in [1.54, 1.807) is 0 Å². The molecule has 2 fully saturated rings. The Hall–Kier alpha value is -0.540. The molecule has 0 spiro atoms. The molecule has 2 aliphatic heterocycles. The first-order valence-electron chi connectivity index (χ1n) is 6.79. The third-order valence-electron chi connectivity index (χ3n) is 4.27. The van der Waals surface area contributed by atoms with Gasteiger partial charge in [0.15, 0.2) is 0 Å². The van der Waals surface area contributed by atoms with E-state index in [1.807, 2.05) is 25.1 Å². The molecule has 2 unspecified atom stereocenters. The van der Waals surface area contributed by atoms with Gasteiger partial charge in [-0.15, -0.1) is 11.6 Å². The summed E-state index contributed by atoms with van der Waals surface area (Å²) in [5.41, 5.74) is 1.93. The molecular weight excluding hydrogens is 326 g/mol. The number of alkyl halides is 1. The summed E-state index contributed by atoms with van der Waals surface area (Å²) in [4.78, 5) is 14.8. The van der Waals surface area contributed by atoms with Crippen molar-refractivity contribution in [3.63, 3.8) is 0 Å². The van der Waals surface area contributed by atoms with Crippen molar-refractivity contribution < 1.29 is 4.79 Å². The number of hydrogen-bond donors (Lipinski definition) is 0. The number of benzene rings is 1. The van der Waals surface area contributed by atoms with Crippen LogP contribution < -0.4 is 0 Å². The van der Waals surface area contributed by atoms with Gasteiger partial charge in [0.05, 0.1) is 5.56 Å². The fourth-order valence-electron chi connectivity index (χ4n) is 3.37. The SMILES string of the molecule is Cc1ccc(C(=O)N2C3CCC2CC(Cl)C3)c(Br)c1. The van der Waals surface area contributed by atoms with Gasteiger partial charge in [-0.05, 0) is 66.2 Å². The molecule has 2 bridgehead atoms. The van der Waals surface area contributed by atoms with Crippen molar-refractivity contribution >= 4 is 33.4 Å². The summed E-state index contributed by atoms with van der Waals surface area (Å²) < 4.78 is 0.893. The van der Waals surface area contributed by atoms with Gasteiger partial charge in [-0.2, -0.15) is 0 Å². The van der Waals surface area contributed by atoms with Gasteiger partial charge in [-0.1, -0.05) is 6.07 Å². The summed E-state index contributed by atoms with van der Waals surface area (Å²) in [7, 11) is 0. The zero-order valence-corrected chi connectivity index (χ0v) is 13.2. The highest BCUT2D eigenvalue weighted by Gasteiger charge is 2.43. The largest absolute Gasteiger partial charge is 0.333 e. The van der Waals surface area contributed by atoms with Crippen LogP contribution in [0.25, 0.3) is 0 Å². The average molecular weight is 343 g/mol. The van der Waals surface area contributed by atoms with Crippen molar-refractivity contribution in [1.29, 1.82) is 0 Å². The molecule has 0 radical (unpaired) electrons. The number of halogens is 2. The molecule has 0 N–H and O–H groups in total. The Kier molecular flexibility index (Phi) is 3.61. The van der Waals surface area contributed by atoms with Crippen LogP contribution in [0.15, 0.2) is 22.7 Å². The number of carbonyl (C=O) groups excluding carboxylic acids is 1. The number of fused-ring (bicyclic) bond motifs is 2. The van der Waals surface area contributed by atoms with E-state index in [0.717, 1.165) is 41.3 Å². The van der Waals surface area contributed by atoms with E-state index in [9.17, 15) is 4.79 Å². The van der Waals surface area contributed by atoms with E-state index >= 15 is 0 Å². The standard InChI is InChI=1S/C15H17BrClNO/c1-9-2-5-13(14(16)6-9)15(19)18-11-3-4-12(18)8-10(17)7-11/h2,5-6,10-12H,3-4,7-8H2,1H3. The molecule has 0 aromatic heterocycles. The minimum atomic E-state index is 0.156. The van der Waals surface area contributed by atoms with Crippen molar-refractivity contribution in [3.05, 3.63) is 33.8 Å². The normalized spacial score (nSPS) is 29.6. The molecule has 1 amide bonds. The lowest BCUT2D eigenvalue weighted by molar-refractivity contribution is 0.0598. The van der Waals surface area contributed by atoms with Crippen molar-refractivity contribution in [2.24, 2.45) is 0 Å². The lowest BCUT2D eigenvalue weighted by Gasteiger charge is -2.37. The molecule has 19 heavy (non-hydrogen) atoms. The number of piperidine rings is 1. The lowest BCUT2D eigenvalue weighted by Crippen LogP contribution is -2.47. The molecule has 3 rings (SSSR count). The van der Waals surface area contributed by atoms with Gasteiger partial charge in [0.25, 0.3) is 5.91 Å². The summed E-state index contributed by atoms with van der Waals surface area (Å²) in [5.74, 6) is 0.156. The topological polar surface area (TPSA) is 20.3 Å². The maximum absolute atomic E-state index is 12.8. The summed E-state index contributed by atoms with van der Waals surface area (Å²) in [6.45, 7) is 2.03.